The Morgan fingerprint density at radius 3 is 2.95 bits per heavy atom. The molecule has 0 bridgehead atoms. The zero-order valence-corrected chi connectivity index (χ0v) is 13.6. The molecule has 2 saturated heterocycles. The molecule has 1 atom stereocenters. The summed E-state index contributed by atoms with van der Waals surface area (Å²) >= 11 is 5.17. The van der Waals surface area contributed by atoms with Crippen molar-refractivity contribution in [2.45, 2.75) is 41.4 Å². The average molecular weight is 330 g/mol. The first-order valence-electron chi connectivity index (χ1n) is 6.87. The van der Waals surface area contributed by atoms with Gasteiger partial charge < -0.3 is 9.84 Å². The second-order valence-electron chi connectivity index (χ2n) is 5.33. The second-order valence-corrected chi connectivity index (χ2v) is 8.84. The average Bonchev–Trinajstić information content (AvgIpc) is 2.88. The van der Waals surface area contributed by atoms with E-state index in [4.69, 9.17) is 9.84 Å². The number of carboxylic acid groups (broad SMARTS) is 1. The van der Waals surface area contributed by atoms with Crippen LogP contribution in [0.5, 0.6) is 0 Å². The summed E-state index contributed by atoms with van der Waals surface area (Å²) in [6.45, 7) is 0.845. The molecule has 20 heavy (non-hydrogen) atoms. The highest BCUT2D eigenvalue weighted by atomic mass is 32.2. The van der Waals surface area contributed by atoms with Crippen molar-refractivity contribution in [1.29, 1.82) is 0 Å². The van der Waals surface area contributed by atoms with Crippen LogP contribution < -0.4 is 0 Å². The van der Waals surface area contributed by atoms with Crippen molar-refractivity contribution in [1.82, 2.24) is 0 Å². The Hall–Kier alpha value is -0.170. The third-order valence-electron chi connectivity index (χ3n) is 3.94. The van der Waals surface area contributed by atoms with Crippen molar-refractivity contribution in [2.24, 2.45) is 0 Å². The van der Waals surface area contributed by atoms with Gasteiger partial charge in [-0.15, -0.1) is 23.1 Å². The van der Waals surface area contributed by atoms with Gasteiger partial charge in [0.2, 0.25) is 0 Å². The first-order chi connectivity index (χ1) is 9.67. The van der Waals surface area contributed by atoms with Crippen LogP contribution in [0, 0.1) is 0 Å². The standard InChI is InChI=1S/C14H18O3S3/c15-13(16)12-7-11(9-19-12)20-10-1-4-17-14(8-10)2-5-18-6-3-14/h7,9-10H,1-6,8H2,(H,15,16). The summed E-state index contributed by atoms with van der Waals surface area (Å²) in [6.07, 6.45) is 4.51. The number of thiophene rings is 1. The molecule has 1 aromatic heterocycles. The molecule has 2 aliphatic heterocycles. The van der Waals surface area contributed by atoms with E-state index in [0.29, 0.717) is 10.1 Å². The number of carboxylic acids is 1. The SMILES string of the molecule is O=C(O)c1cc(SC2CCOC3(CCSCC3)C2)cs1. The fourth-order valence-electron chi connectivity index (χ4n) is 2.86. The molecule has 110 valence electrons. The zero-order chi connectivity index (χ0) is 14.0. The molecule has 3 nitrogen and oxygen atoms in total. The topological polar surface area (TPSA) is 46.5 Å². The fraction of sp³-hybridized carbons (Fsp3) is 0.643. The Morgan fingerprint density at radius 2 is 2.25 bits per heavy atom. The van der Waals surface area contributed by atoms with Crippen LogP contribution in [0.2, 0.25) is 0 Å². The van der Waals surface area contributed by atoms with Gasteiger partial charge in [0.15, 0.2) is 0 Å². The van der Waals surface area contributed by atoms with Gasteiger partial charge in [0.25, 0.3) is 0 Å². The zero-order valence-electron chi connectivity index (χ0n) is 11.2. The minimum Gasteiger partial charge on any atom is -0.477 e. The van der Waals surface area contributed by atoms with Crippen LogP contribution in [-0.2, 0) is 4.74 Å². The predicted molar refractivity (Wildman–Crippen MR) is 85.4 cm³/mol. The van der Waals surface area contributed by atoms with Crippen LogP contribution in [-0.4, -0.2) is 40.0 Å². The highest BCUT2D eigenvalue weighted by Crippen LogP contribution is 2.43. The summed E-state index contributed by atoms with van der Waals surface area (Å²) in [5.41, 5.74) is 0.104. The third-order valence-corrected chi connectivity index (χ3v) is 7.24. The summed E-state index contributed by atoms with van der Waals surface area (Å²) in [5, 5.41) is 11.5. The largest absolute Gasteiger partial charge is 0.477 e. The van der Waals surface area contributed by atoms with Crippen molar-refractivity contribution in [2.75, 3.05) is 18.1 Å². The van der Waals surface area contributed by atoms with E-state index in [1.807, 2.05) is 28.9 Å². The fourth-order valence-corrected chi connectivity index (χ4v) is 6.32. The van der Waals surface area contributed by atoms with E-state index in [9.17, 15) is 4.79 Å². The molecule has 0 radical (unpaired) electrons. The molecular weight excluding hydrogens is 312 g/mol. The number of ether oxygens (including phenoxy) is 1. The molecule has 0 saturated carbocycles. The van der Waals surface area contributed by atoms with Gasteiger partial charge in [0.1, 0.15) is 4.88 Å². The van der Waals surface area contributed by atoms with Gasteiger partial charge in [0, 0.05) is 22.1 Å². The molecule has 1 unspecified atom stereocenters. The van der Waals surface area contributed by atoms with Gasteiger partial charge in [-0.25, -0.2) is 4.79 Å². The van der Waals surface area contributed by atoms with Gasteiger partial charge in [-0.2, -0.15) is 11.8 Å². The minimum absolute atomic E-state index is 0.104. The lowest BCUT2D eigenvalue weighted by Crippen LogP contribution is -2.43. The van der Waals surface area contributed by atoms with Crippen LogP contribution in [0.15, 0.2) is 16.3 Å². The van der Waals surface area contributed by atoms with E-state index in [2.05, 4.69) is 0 Å². The summed E-state index contributed by atoms with van der Waals surface area (Å²) in [6, 6.07) is 1.80. The van der Waals surface area contributed by atoms with Gasteiger partial charge in [-0.1, -0.05) is 0 Å². The summed E-state index contributed by atoms with van der Waals surface area (Å²) < 4.78 is 6.10. The minimum atomic E-state index is -0.824. The van der Waals surface area contributed by atoms with Crippen molar-refractivity contribution >= 4 is 40.8 Å². The maximum atomic E-state index is 10.9. The Kier molecular flexibility index (Phi) is 4.65. The number of aromatic carboxylic acids is 1. The molecule has 1 spiro atoms. The summed E-state index contributed by atoms with van der Waals surface area (Å²) in [7, 11) is 0. The molecule has 3 heterocycles. The highest BCUT2D eigenvalue weighted by Gasteiger charge is 2.39. The second kappa shape index (κ2) is 6.30. The van der Waals surface area contributed by atoms with Gasteiger partial charge >= 0.3 is 5.97 Å². The normalized spacial score (nSPS) is 25.7. The Labute approximate surface area is 131 Å². The smallest absolute Gasteiger partial charge is 0.345 e. The Bertz CT molecular complexity index is 474. The molecule has 1 aromatic rings. The maximum Gasteiger partial charge on any atom is 0.345 e. The van der Waals surface area contributed by atoms with Crippen molar-refractivity contribution in [3.63, 3.8) is 0 Å². The van der Waals surface area contributed by atoms with Crippen LogP contribution >= 0.6 is 34.9 Å². The quantitative estimate of drug-likeness (QED) is 0.908. The number of thioether (sulfide) groups is 2. The van der Waals surface area contributed by atoms with Crippen LogP contribution in [0.25, 0.3) is 0 Å². The highest BCUT2D eigenvalue weighted by molar-refractivity contribution is 8.00. The van der Waals surface area contributed by atoms with E-state index in [0.717, 1.165) is 24.3 Å². The van der Waals surface area contributed by atoms with E-state index in [-0.39, 0.29) is 5.60 Å². The van der Waals surface area contributed by atoms with Crippen molar-refractivity contribution < 1.29 is 14.6 Å². The third kappa shape index (κ3) is 3.35. The van der Waals surface area contributed by atoms with E-state index >= 15 is 0 Å². The molecule has 3 rings (SSSR count). The van der Waals surface area contributed by atoms with E-state index in [1.54, 1.807) is 6.07 Å². The van der Waals surface area contributed by atoms with E-state index in [1.165, 1.54) is 35.7 Å². The monoisotopic (exact) mass is 330 g/mol. The molecule has 2 fully saturated rings. The number of carbonyl (C=O) groups is 1. The predicted octanol–water partition coefficient (Wildman–Crippen LogP) is 3.98. The van der Waals surface area contributed by atoms with Crippen LogP contribution in [0.4, 0.5) is 0 Å². The number of hydrogen-bond donors (Lipinski definition) is 1. The number of rotatable bonds is 3. The summed E-state index contributed by atoms with van der Waals surface area (Å²) in [4.78, 5) is 12.5. The molecular formula is C14H18O3S3. The van der Waals surface area contributed by atoms with Crippen molar-refractivity contribution in [3.8, 4) is 0 Å². The van der Waals surface area contributed by atoms with Crippen LogP contribution in [0.1, 0.15) is 35.4 Å². The molecule has 0 aromatic carbocycles. The van der Waals surface area contributed by atoms with Gasteiger partial charge in [0.05, 0.1) is 5.60 Å². The Morgan fingerprint density at radius 1 is 1.45 bits per heavy atom. The first kappa shape index (κ1) is 14.8. The lowest BCUT2D eigenvalue weighted by atomic mass is 9.88. The molecule has 2 aliphatic rings. The summed E-state index contributed by atoms with van der Waals surface area (Å²) in [5.74, 6) is 1.59. The molecule has 0 aliphatic carbocycles. The number of hydrogen-bond acceptors (Lipinski definition) is 5. The lowest BCUT2D eigenvalue weighted by Gasteiger charge is -2.43. The molecule has 1 N–H and O–H groups in total. The van der Waals surface area contributed by atoms with Crippen LogP contribution in [0.3, 0.4) is 0 Å². The lowest BCUT2D eigenvalue weighted by molar-refractivity contribution is -0.0804. The van der Waals surface area contributed by atoms with Gasteiger partial charge in [-0.05, 0) is 43.3 Å². The van der Waals surface area contributed by atoms with E-state index < -0.39 is 5.97 Å². The maximum absolute atomic E-state index is 10.9. The van der Waals surface area contributed by atoms with Crippen molar-refractivity contribution in [3.05, 3.63) is 16.3 Å². The van der Waals surface area contributed by atoms with Gasteiger partial charge in [-0.3, -0.25) is 0 Å². The Balaban J connectivity index is 1.63. The first-order valence-corrected chi connectivity index (χ1v) is 9.78. The molecule has 0 amide bonds. The molecule has 6 heteroatoms.